The Labute approximate surface area is 93.8 Å². The SMILES string of the molecule is CC(c1cn[nH]c1)N1C(=O)CC(C)(C)C1=O. The molecule has 0 radical (unpaired) electrons. The van der Waals surface area contributed by atoms with E-state index in [9.17, 15) is 9.59 Å². The molecule has 1 aliphatic heterocycles. The number of imide groups is 1. The fourth-order valence-corrected chi connectivity index (χ4v) is 2.01. The zero-order valence-corrected chi connectivity index (χ0v) is 9.65. The maximum atomic E-state index is 12.0. The summed E-state index contributed by atoms with van der Waals surface area (Å²) in [5.41, 5.74) is 0.272. The second-order valence-corrected chi connectivity index (χ2v) is 4.84. The molecule has 1 aromatic rings. The first-order valence-electron chi connectivity index (χ1n) is 5.28. The van der Waals surface area contributed by atoms with Crippen LogP contribution in [0.15, 0.2) is 12.4 Å². The standard InChI is InChI=1S/C11H15N3O2/c1-7(8-5-12-13-6-8)14-9(15)4-11(2,3)10(14)16/h5-7H,4H2,1-3H3,(H,12,13). The monoisotopic (exact) mass is 221 g/mol. The molecule has 1 fully saturated rings. The summed E-state index contributed by atoms with van der Waals surface area (Å²) < 4.78 is 0. The van der Waals surface area contributed by atoms with Crippen LogP contribution in [0.1, 0.15) is 38.8 Å². The molecule has 0 saturated carbocycles. The zero-order chi connectivity index (χ0) is 11.9. The van der Waals surface area contributed by atoms with Gasteiger partial charge in [0, 0.05) is 18.2 Å². The van der Waals surface area contributed by atoms with Gasteiger partial charge in [0.15, 0.2) is 0 Å². The normalized spacial score (nSPS) is 21.6. The van der Waals surface area contributed by atoms with E-state index in [1.165, 1.54) is 4.90 Å². The van der Waals surface area contributed by atoms with E-state index in [1.807, 2.05) is 6.92 Å². The minimum absolute atomic E-state index is 0.105. The summed E-state index contributed by atoms with van der Waals surface area (Å²) in [6.45, 7) is 5.44. The Morgan fingerprint density at radius 2 is 2.19 bits per heavy atom. The molecule has 5 nitrogen and oxygen atoms in total. The van der Waals surface area contributed by atoms with Gasteiger partial charge in [0.1, 0.15) is 0 Å². The fourth-order valence-electron chi connectivity index (χ4n) is 2.01. The summed E-state index contributed by atoms with van der Waals surface area (Å²) in [6.07, 6.45) is 3.63. The first kappa shape index (κ1) is 10.9. The van der Waals surface area contributed by atoms with E-state index < -0.39 is 5.41 Å². The maximum absolute atomic E-state index is 12.0. The Morgan fingerprint density at radius 3 is 2.62 bits per heavy atom. The lowest BCUT2D eigenvalue weighted by Gasteiger charge is -2.23. The molecule has 0 aromatic carbocycles. The molecule has 16 heavy (non-hydrogen) atoms. The highest BCUT2D eigenvalue weighted by atomic mass is 16.2. The van der Waals surface area contributed by atoms with E-state index in [0.717, 1.165) is 5.56 Å². The van der Waals surface area contributed by atoms with Crippen molar-refractivity contribution in [1.82, 2.24) is 15.1 Å². The van der Waals surface area contributed by atoms with Crippen LogP contribution in [0.25, 0.3) is 0 Å². The quantitative estimate of drug-likeness (QED) is 0.764. The number of H-pyrrole nitrogens is 1. The average molecular weight is 221 g/mol. The number of nitrogens with zero attached hydrogens (tertiary/aromatic N) is 2. The molecule has 1 N–H and O–H groups in total. The molecule has 5 heteroatoms. The predicted octanol–water partition coefficient (Wildman–Crippen LogP) is 1.26. The van der Waals surface area contributed by atoms with E-state index in [2.05, 4.69) is 10.2 Å². The molecule has 0 spiro atoms. The zero-order valence-electron chi connectivity index (χ0n) is 9.65. The van der Waals surface area contributed by atoms with Crippen molar-refractivity contribution in [2.45, 2.75) is 33.2 Å². The molecule has 1 saturated heterocycles. The first-order valence-corrected chi connectivity index (χ1v) is 5.28. The number of carbonyl (C=O) groups excluding carboxylic acids is 2. The molecule has 86 valence electrons. The molecule has 2 heterocycles. The average Bonchev–Trinajstić information content (AvgIpc) is 2.74. The molecule has 2 rings (SSSR count). The van der Waals surface area contributed by atoms with Crippen LogP contribution in [-0.4, -0.2) is 26.9 Å². The number of rotatable bonds is 2. The second-order valence-electron chi connectivity index (χ2n) is 4.84. The summed E-state index contributed by atoms with van der Waals surface area (Å²) in [5.74, 6) is -0.213. The number of hydrogen-bond acceptors (Lipinski definition) is 3. The number of aromatic amines is 1. The maximum Gasteiger partial charge on any atom is 0.235 e. The highest BCUT2D eigenvalue weighted by Crippen LogP contribution is 2.36. The third-order valence-electron chi connectivity index (χ3n) is 3.05. The minimum atomic E-state index is -0.574. The number of aromatic nitrogens is 2. The third kappa shape index (κ3) is 1.52. The topological polar surface area (TPSA) is 66.1 Å². The number of carbonyl (C=O) groups is 2. The van der Waals surface area contributed by atoms with Gasteiger partial charge in [0.05, 0.1) is 17.7 Å². The van der Waals surface area contributed by atoms with Crippen molar-refractivity contribution in [2.75, 3.05) is 0 Å². The van der Waals surface area contributed by atoms with Crippen LogP contribution in [-0.2, 0) is 9.59 Å². The summed E-state index contributed by atoms with van der Waals surface area (Å²) >= 11 is 0. The van der Waals surface area contributed by atoms with Gasteiger partial charge in [-0.1, -0.05) is 13.8 Å². The van der Waals surface area contributed by atoms with Crippen molar-refractivity contribution in [1.29, 1.82) is 0 Å². The van der Waals surface area contributed by atoms with Crippen molar-refractivity contribution in [3.63, 3.8) is 0 Å². The molecule has 0 aliphatic carbocycles. The van der Waals surface area contributed by atoms with E-state index in [-0.39, 0.29) is 24.3 Å². The van der Waals surface area contributed by atoms with Gasteiger partial charge in [-0.05, 0) is 6.92 Å². The van der Waals surface area contributed by atoms with Gasteiger partial charge in [-0.25, -0.2) is 0 Å². The van der Waals surface area contributed by atoms with Crippen LogP contribution in [0.2, 0.25) is 0 Å². The minimum Gasteiger partial charge on any atom is -0.285 e. The van der Waals surface area contributed by atoms with Gasteiger partial charge in [0.25, 0.3) is 0 Å². The van der Waals surface area contributed by atoms with Crippen molar-refractivity contribution < 1.29 is 9.59 Å². The highest BCUT2D eigenvalue weighted by molar-refractivity contribution is 6.05. The van der Waals surface area contributed by atoms with Crippen LogP contribution < -0.4 is 0 Å². The molecule has 1 unspecified atom stereocenters. The molecule has 1 aromatic heterocycles. The largest absolute Gasteiger partial charge is 0.285 e. The first-order chi connectivity index (χ1) is 7.43. The Morgan fingerprint density at radius 1 is 1.50 bits per heavy atom. The molecule has 0 bridgehead atoms. The summed E-state index contributed by atoms with van der Waals surface area (Å²) in [5, 5.41) is 6.51. The Bertz CT molecular complexity index is 422. The number of nitrogens with one attached hydrogen (secondary N) is 1. The lowest BCUT2D eigenvalue weighted by molar-refractivity contribution is -0.143. The van der Waals surface area contributed by atoms with Gasteiger partial charge in [-0.3, -0.25) is 19.6 Å². The van der Waals surface area contributed by atoms with E-state index >= 15 is 0 Å². The Kier molecular flexibility index (Phi) is 2.33. The van der Waals surface area contributed by atoms with Gasteiger partial charge >= 0.3 is 0 Å². The molecular weight excluding hydrogens is 206 g/mol. The van der Waals surface area contributed by atoms with Crippen LogP contribution in [0, 0.1) is 5.41 Å². The Hall–Kier alpha value is -1.65. The Balaban J connectivity index is 2.29. The van der Waals surface area contributed by atoms with Gasteiger partial charge in [-0.15, -0.1) is 0 Å². The summed E-state index contributed by atoms with van der Waals surface area (Å²) in [6, 6.07) is -0.250. The van der Waals surface area contributed by atoms with E-state index in [1.54, 1.807) is 26.2 Å². The number of amides is 2. The van der Waals surface area contributed by atoms with Crippen LogP contribution >= 0.6 is 0 Å². The van der Waals surface area contributed by atoms with Crippen molar-refractivity contribution >= 4 is 11.8 Å². The van der Waals surface area contributed by atoms with Crippen molar-refractivity contribution in [3.8, 4) is 0 Å². The van der Waals surface area contributed by atoms with Gasteiger partial charge in [-0.2, -0.15) is 5.10 Å². The molecular formula is C11H15N3O2. The molecule has 1 aliphatic rings. The summed E-state index contributed by atoms with van der Waals surface area (Å²) in [4.78, 5) is 25.2. The molecule has 1 atom stereocenters. The number of hydrogen-bond donors (Lipinski definition) is 1. The van der Waals surface area contributed by atoms with E-state index in [0.29, 0.717) is 0 Å². The fraction of sp³-hybridized carbons (Fsp3) is 0.545. The number of likely N-dealkylation sites (tertiary alicyclic amines) is 1. The lowest BCUT2D eigenvalue weighted by Crippen LogP contribution is -2.35. The van der Waals surface area contributed by atoms with Crippen molar-refractivity contribution in [3.05, 3.63) is 18.0 Å². The predicted molar refractivity (Wildman–Crippen MR) is 57.3 cm³/mol. The van der Waals surface area contributed by atoms with Gasteiger partial charge in [0.2, 0.25) is 11.8 Å². The smallest absolute Gasteiger partial charge is 0.235 e. The third-order valence-corrected chi connectivity index (χ3v) is 3.05. The van der Waals surface area contributed by atoms with Crippen molar-refractivity contribution in [2.24, 2.45) is 5.41 Å². The van der Waals surface area contributed by atoms with Crippen LogP contribution in [0.5, 0.6) is 0 Å². The van der Waals surface area contributed by atoms with Crippen LogP contribution in [0.4, 0.5) is 0 Å². The second kappa shape index (κ2) is 3.43. The van der Waals surface area contributed by atoms with E-state index in [4.69, 9.17) is 0 Å². The lowest BCUT2D eigenvalue weighted by atomic mass is 9.92. The summed E-state index contributed by atoms with van der Waals surface area (Å²) in [7, 11) is 0. The van der Waals surface area contributed by atoms with Crippen LogP contribution in [0.3, 0.4) is 0 Å². The van der Waals surface area contributed by atoms with Gasteiger partial charge < -0.3 is 0 Å². The molecule has 2 amide bonds. The highest BCUT2D eigenvalue weighted by Gasteiger charge is 2.46.